The summed E-state index contributed by atoms with van der Waals surface area (Å²) in [6, 6.07) is 8.81. The predicted octanol–water partition coefficient (Wildman–Crippen LogP) is 2.99. The van der Waals surface area contributed by atoms with Gasteiger partial charge >= 0.3 is 0 Å². The molecule has 21 heavy (non-hydrogen) atoms. The van der Waals surface area contributed by atoms with Crippen LogP contribution in [0.3, 0.4) is 0 Å². The second-order valence-corrected chi connectivity index (χ2v) is 6.87. The van der Waals surface area contributed by atoms with Gasteiger partial charge in [0.2, 0.25) is 0 Å². The third-order valence-corrected chi connectivity index (χ3v) is 4.08. The highest BCUT2D eigenvalue weighted by Crippen LogP contribution is 2.30. The topological polar surface area (TPSA) is 41.0 Å². The minimum Gasteiger partial charge on any atom is -0.365 e. The molecule has 1 aliphatic rings. The van der Waals surface area contributed by atoms with Crippen molar-refractivity contribution in [1.82, 2.24) is 15.5 Å². The van der Waals surface area contributed by atoms with Crippen LogP contribution in [0.15, 0.2) is 30.5 Å². The fourth-order valence-corrected chi connectivity index (χ4v) is 3.01. The molecule has 1 atom stereocenters. The van der Waals surface area contributed by atoms with E-state index in [1.807, 2.05) is 18.3 Å². The average Bonchev–Trinajstić information content (AvgIpc) is 2.92. The van der Waals surface area contributed by atoms with E-state index in [2.05, 4.69) is 53.3 Å². The minimum absolute atomic E-state index is 0.160. The molecule has 1 fully saturated rings. The Morgan fingerprint density at radius 3 is 2.90 bits per heavy atom. The number of hydrogen-bond donors (Lipinski definition) is 1. The van der Waals surface area contributed by atoms with Gasteiger partial charge in [0.15, 0.2) is 0 Å². The molecule has 2 aromatic rings. The van der Waals surface area contributed by atoms with Crippen molar-refractivity contribution >= 4 is 16.6 Å². The Bertz CT molecular complexity index is 612. The van der Waals surface area contributed by atoms with E-state index in [1.165, 1.54) is 23.9 Å². The lowest BCUT2D eigenvalue weighted by molar-refractivity contribution is 0.405. The highest BCUT2D eigenvalue weighted by Gasteiger charge is 2.27. The number of aromatic nitrogens is 2. The Balaban J connectivity index is 1.87. The van der Waals surface area contributed by atoms with Crippen molar-refractivity contribution in [1.29, 1.82) is 0 Å². The Morgan fingerprint density at radius 2 is 2.10 bits per heavy atom. The van der Waals surface area contributed by atoms with Crippen LogP contribution in [0.1, 0.15) is 33.6 Å². The summed E-state index contributed by atoms with van der Waals surface area (Å²) in [6.45, 7) is 8.77. The van der Waals surface area contributed by atoms with Gasteiger partial charge in [-0.15, -0.1) is 0 Å². The van der Waals surface area contributed by atoms with Crippen LogP contribution in [0.4, 0.5) is 5.69 Å². The van der Waals surface area contributed by atoms with Gasteiger partial charge in [0.05, 0.1) is 17.4 Å². The van der Waals surface area contributed by atoms with Gasteiger partial charge in [0.25, 0.3) is 0 Å². The predicted molar refractivity (Wildman–Crippen MR) is 87.7 cm³/mol. The van der Waals surface area contributed by atoms with Crippen molar-refractivity contribution < 1.29 is 0 Å². The van der Waals surface area contributed by atoms with Gasteiger partial charge in [-0.2, -0.15) is 10.2 Å². The first-order valence-electron chi connectivity index (χ1n) is 7.77. The van der Waals surface area contributed by atoms with Crippen molar-refractivity contribution in [3.8, 4) is 0 Å². The third kappa shape index (κ3) is 3.16. The van der Waals surface area contributed by atoms with Gasteiger partial charge in [0.1, 0.15) is 0 Å². The molecule has 4 heteroatoms. The molecule has 1 aromatic heterocycles. The monoisotopic (exact) mass is 284 g/mol. The van der Waals surface area contributed by atoms with Crippen LogP contribution in [0.25, 0.3) is 10.9 Å². The molecule has 0 amide bonds. The Morgan fingerprint density at radius 1 is 1.29 bits per heavy atom. The van der Waals surface area contributed by atoms with E-state index < -0.39 is 0 Å². The highest BCUT2D eigenvalue weighted by atomic mass is 15.2. The summed E-state index contributed by atoms with van der Waals surface area (Å²) in [6.07, 6.45) is 4.39. The summed E-state index contributed by atoms with van der Waals surface area (Å²) >= 11 is 0. The lowest BCUT2D eigenvalue weighted by atomic mass is 10.1. The molecule has 1 saturated heterocycles. The standard InChI is InChI=1S/C17H24N4/c1-17(2,3)18-11-13-7-6-10-21(13)16-12-19-20-15-9-5-4-8-14(15)16/h4-5,8-9,12-13,18H,6-7,10-11H2,1-3H3. The van der Waals surface area contributed by atoms with E-state index in [1.54, 1.807) is 0 Å². The van der Waals surface area contributed by atoms with Crippen molar-refractivity contribution in [3.63, 3.8) is 0 Å². The smallest absolute Gasteiger partial charge is 0.0950 e. The largest absolute Gasteiger partial charge is 0.365 e. The first-order chi connectivity index (χ1) is 10.0. The number of nitrogens with one attached hydrogen (secondary N) is 1. The molecule has 1 aromatic carbocycles. The van der Waals surface area contributed by atoms with Gasteiger partial charge < -0.3 is 10.2 Å². The number of hydrogen-bond acceptors (Lipinski definition) is 4. The zero-order chi connectivity index (χ0) is 14.9. The summed E-state index contributed by atoms with van der Waals surface area (Å²) in [4.78, 5) is 2.50. The summed E-state index contributed by atoms with van der Waals surface area (Å²) in [5, 5.41) is 13.3. The first-order valence-corrected chi connectivity index (χ1v) is 7.77. The average molecular weight is 284 g/mol. The van der Waals surface area contributed by atoms with Crippen molar-refractivity contribution in [2.24, 2.45) is 0 Å². The van der Waals surface area contributed by atoms with E-state index in [0.717, 1.165) is 18.6 Å². The van der Waals surface area contributed by atoms with Crippen LogP contribution in [0.5, 0.6) is 0 Å². The van der Waals surface area contributed by atoms with Gasteiger partial charge in [-0.1, -0.05) is 18.2 Å². The van der Waals surface area contributed by atoms with Crippen molar-refractivity contribution in [2.45, 2.75) is 45.2 Å². The highest BCUT2D eigenvalue weighted by molar-refractivity contribution is 5.91. The molecule has 0 aliphatic carbocycles. The van der Waals surface area contributed by atoms with E-state index in [-0.39, 0.29) is 5.54 Å². The van der Waals surface area contributed by atoms with Crippen molar-refractivity contribution in [3.05, 3.63) is 30.5 Å². The molecule has 0 spiro atoms. The third-order valence-electron chi connectivity index (χ3n) is 4.08. The summed E-state index contributed by atoms with van der Waals surface area (Å²) in [5.41, 5.74) is 2.36. The summed E-state index contributed by atoms with van der Waals surface area (Å²) < 4.78 is 0. The van der Waals surface area contributed by atoms with Crippen LogP contribution < -0.4 is 10.2 Å². The molecular formula is C17H24N4. The van der Waals surface area contributed by atoms with Crippen LogP contribution in [0.2, 0.25) is 0 Å². The van der Waals surface area contributed by atoms with E-state index in [9.17, 15) is 0 Å². The zero-order valence-corrected chi connectivity index (χ0v) is 13.1. The van der Waals surface area contributed by atoms with Gasteiger partial charge in [-0.25, -0.2) is 0 Å². The molecule has 4 nitrogen and oxygen atoms in total. The molecule has 1 aliphatic heterocycles. The maximum absolute atomic E-state index is 4.23. The molecular weight excluding hydrogens is 260 g/mol. The molecule has 0 radical (unpaired) electrons. The Hall–Kier alpha value is -1.68. The Kier molecular flexibility index (Phi) is 3.81. The molecule has 2 heterocycles. The summed E-state index contributed by atoms with van der Waals surface area (Å²) in [5.74, 6) is 0. The van der Waals surface area contributed by atoms with Gasteiger partial charge in [-0.05, 0) is 39.7 Å². The second kappa shape index (κ2) is 5.60. The zero-order valence-electron chi connectivity index (χ0n) is 13.1. The SMILES string of the molecule is CC(C)(C)NCC1CCCN1c1cnnc2ccccc12. The minimum atomic E-state index is 0.160. The maximum atomic E-state index is 4.23. The molecule has 112 valence electrons. The number of anilines is 1. The van der Waals surface area contributed by atoms with Crippen LogP contribution >= 0.6 is 0 Å². The normalized spacial score (nSPS) is 19.4. The first kappa shape index (κ1) is 14.3. The fraction of sp³-hybridized carbons (Fsp3) is 0.529. The van der Waals surface area contributed by atoms with E-state index in [4.69, 9.17) is 0 Å². The van der Waals surface area contributed by atoms with Crippen molar-refractivity contribution in [2.75, 3.05) is 18.0 Å². The van der Waals surface area contributed by atoms with Crippen LogP contribution in [-0.2, 0) is 0 Å². The number of nitrogens with zero attached hydrogens (tertiary/aromatic N) is 3. The second-order valence-electron chi connectivity index (χ2n) is 6.87. The Labute approximate surface area is 126 Å². The van der Waals surface area contributed by atoms with Crippen LogP contribution in [0, 0.1) is 0 Å². The molecule has 3 rings (SSSR count). The van der Waals surface area contributed by atoms with E-state index in [0.29, 0.717) is 6.04 Å². The number of benzene rings is 1. The lowest BCUT2D eigenvalue weighted by Crippen LogP contribution is -2.45. The quantitative estimate of drug-likeness (QED) is 0.940. The van der Waals surface area contributed by atoms with E-state index >= 15 is 0 Å². The van der Waals surface area contributed by atoms with Gasteiger partial charge in [-0.3, -0.25) is 0 Å². The van der Waals surface area contributed by atoms with Crippen LogP contribution in [-0.4, -0.2) is 34.9 Å². The maximum Gasteiger partial charge on any atom is 0.0950 e. The molecule has 0 bridgehead atoms. The van der Waals surface area contributed by atoms with Gasteiger partial charge in [0, 0.05) is 30.1 Å². The molecule has 1 N–H and O–H groups in total. The number of fused-ring (bicyclic) bond motifs is 1. The molecule has 0 saturated carbocycles. The summed E-state index contributed by atoms with van der Waals surface area (Å²) in [7, 11) is 0. The molecule has 1 unspecified atom stereocenters. The lowest BCUT2D eigenvalue weighted by Gasteiger charge is -2.30. The fourth-order valence-electron chi connectivity index (χ4n) is 3.01. The number of rotatable bonds is 3.